The highest BCUT2D eigenvalue weighted by Gasteiger charge is 2.18. The van der Waals surface area contributed by atoms with E-state index in [1.165, 1.54) is 18.2 Å². The minimum atomic E-state index is -3.76. The zero-order chi connectivity index (χ0) is 14.0. The van der Waals surface area contributed by atoms with Crippen molar-refractivity contribution in [3.05, 3.63) is 51.4 Å². The third kappa shape index (κ3) is 3.29. The molecule has 100 valence electrons. The van der Waals surface area contributed by atoms with Crippen LogP contribution < -0.4 is 4.72 Å². The molecule has 0 aliphatic carbocycles. The molecule has 0 aromatic heterocycles. The van der Waals surface area contributed by atoms with E-state index < -0.39 is 10.0 Å². The first-order chi connectivity index (χ1) is 8.90. The van der Waals surface area contributed by atoms with Crippen molar-refractivity contribution >= 4 is 47.6 Å². The first-order valence-corrected chi connectivity index (χ1v) is 8.23. The van der Waals surface area contributed by atoms with E-state index in [-0.39, 0.29) is 16.3 Å². The Morgan fingerprint density at radius 3 is 2.42 bits per heavy atom. The van der Waals surface area contributed by atoms with Crippen LogP contribution >= 0.6 is 31.9 Å². The molecule has 0 unspecified atom stereocenters. The van der Waals surface area contributed by atoms with E-state index in [0.717, 1.165) is 0 Å². The van der Waals surface area contributed by atoms with Crippen LogP contribution in [0.2, 0.25) is 0 Å². The first kappa shape index (κ1) is 14.4. The lowest BCUT2D eigenvalue weighted by Gasteiger charge is -2.11. The quantitative estimate of drug-likeness (QED) is 0.763. The van der Waals surface area contributed by atoms with Gasteiger partial charge in [-0.2, -0.15) is 0 Å². The highest BCUT2D eigenvalue weighted by atomic mass is 79.9. The molecule has 2 rings (SSSR count). The van der Waals surface area contributed by atoms with Crippen molar-refractivity contribution in [3.8, 4) is 5.75 Å². The molecule has 2 aromatic carbocycles. The molecule has 0 aliphatic rings. The number of sulfonamides is 1. The van der Waals surface area contributed by atoms with Crippen LogP contribution in [-0.2, 0) is 10.0 Å². The molecule has 0 saturated carbocycles. The van der Waals surface area contributed by atoms with Gasteiger partial charge in [-0.05, 0) is 46.3 Å². The summed E-state index contributed by atoms with van der Waals surface area (Å²) in [5.74, 6) is -0.140. The third-order valence-electron chi connectivity index (χ3n) is 2.33. The number of halogens is 2. The molecule has 0 radical (unpaired) electrons. The monoisotopic (exact) mass is 405 g/mol. The number of anilines is 1. The van der Waals surface area contributed by atoms with Gasteiger partial charge in [0.05, 0.1) is 5.69 Å². The lowest BCUT2D eigenvalue weighted by molar-refractivity contribution is 0.477. The molecule has 4 nitrogen and oxygen atoms in total. The Labute approximate surface area is 127 Å². The van der Waals surface area contributed by atoms with Crippen LogP contribution in [0.25, 0.3) is 0 Å². The van der Waals surface area contributed by atoms with Crippen molar-refractivity contribution in [1.29, 1.82) is 0 Å². The van der Waals surface area contributed by atoms with Gasteiger partial charge in [-0.15, -0.1) is 0 Å². The summed E-state index contributed by atoms with van der Waals surface area (Å²) in [5, 5.41) is 9.66. The average Bonchev–Trinajstić information content (AvgIpc) is 2.34. The predicted octanol–water partition coefficient (Wildman–Crippen LogP) is 3.72. The number of nitrogens with one attached hydrogen (secondary N) is 1. The van der Waals surface area contributed by atoms with E-state index in [2.05, 4.69) is 36.6 Å². The van der Waals surface area contributed by atoms with Gasteiger partial charge in [-0.3, -0.25) is 4.72 Å². The maximum Gasteiger partial charge on any atom is 0.263 e. The molecule has 0 amide bonds. The van der Waals surface area contributed by atoms with Crippen molar-refractivity contribution in [2.75, 3.05) is 4.72 Å². The SMILES string of the molecule is O=S(=O)(Nc1cc(Br)ccc1O)c1ccccc1Br. The Bertz CT molecular complexity index is 717. The fourth-order valence-electron chi connectivity index (χ4n) is 1.45. The van der Waals surface area contributed by atoms with Crippen LogP contribution in [0.1, 0.15) is 0 Å². The normalized spacial score (nSPS) is 11.3. The summed E-state index contributed by atoms with van der Waals surface area (Å²) >= 11 is 6.41. The second-order valence-corrected chi connectivity index (χ2v) is 7.12. The number of benzene rings is 2. The van der Waals surface area contributed by atoms with Gasteiger partial charge in [-0.25, -0.2) is 8.42 Å². The van der Waals surface area contributed by atoms with Gasteiger partial charge < -0.3 is 5.11 Å². The molecular weight excluding hydrogens is 398 g/mol. The minimum absolute atomic E-state index is 0.106. The Kier molecular flexibility index (Phi) is 4.17. The number of aromatic hydroxyl groups is 1. The van der Waals surface area contributed by atoms with Crippen LogP contribution in [0.15, 0.2) is 56.3 Å². The standard InChI is InChI=1S/C12H9Br2NO3S/c13-8-5-6-11(16)10(7-8)15-19(17,18)12-4-2-1-3-9(12)14/h1-7,15-16H. The van der Waals surface area contributed by atoms with Crippen molar-refractivity contribution in [1.82, 2.24) is 0 Å². The zero-order valence-corrected chi connectivity index (χ0v) is 13.5. The van der Waals surface area contributed by atoms with Gasteiger partial charge in [0.25, 0.3) is 10.0 Å². The van der Waals surface area contributed by atoms with Crippen LogP contribution in [0.5, 0.6) is 5.75 Å². The second-order valence-electron chi connectivity index (χ2n) is 3.70. The number of hydrogen-bond acceptors (Lipinski definition) is 3. The van der Waals surface area contributed by atoms with Gasteiger partial charge in [-0.1, -0.05) is 28.1 Å². The molecule has 0 atom stereocenters. The summed E-state index contributed by atoms with van der Waals surface area (Å²) in [4.78, 5) is 0.106. The van der Waals surface area contributed by atoms with Crippen molar-refractivity contribution < 1.29 is 13.5 Å². The summed E-state index contributed by atoms with van der Waals surface area (Å²) < 4.78 is 27.9. The Hall–Kier alpha value is -1.05. The van der Waals surface area contributed by atoms with Crippen LogP contribution in [-0.4, -0.2) is 13.5 Å². The number of rotatable bonds is 3. The summed E-state index contributed by atoms with van der Waals surface area (Å²) in [6, 6.07) is 11.0. The van der Waals surface area contributed by atoms with Crippen LogP contribution in [0.4, 0.5) is 5.69 Å². The Morgan fingerprint density at radius 1 is 1.05 bits per heavy atom. The van der Waals surface area contributed by atoms with Gasteiger partial charge in [0.2, 0.25) is 0 Å². The molecule has 0 bridgehead atoms. The molecule has 0 saturated heterocycles. The molecule has 2 N–H and O–H groups in total. The smallest absolute Gasteiger partial charge is 0.263 e. The highest BCUT2D eigenvalue weighted by Crippen LogP contribution is 2.30. The summed E-state index contributed by atoms with van der Waals surface area (Å²) in [6.07, 6.45) is 0. The summed E-state index contributed by atoms with van der Waals surface area (Å²) in [6.45, 7) is 0. The topological polar surface area (TPSA) is 66.4 Å². The van der Waals surface area contributed by atoms with E-state index >= 15 is 0 Å². The molecular formula is C12H9Br2NO3S. The molecule has 19 heavy (non-hydrogen) atoms. The summed E-state index contributed by atoms with van der Waals surface area (Å²) in [7, 11) is -3.76. The van der Waals surface area contributed by atoms with Crippen LogP contribution in [0, 0.1) is 0 Å². The maximum atomic E-state index is 12.2. The molecule has 0 aliphatic heterocycles. The molecule has 0 heterocycles. The first-order valence-electron chi connectivity index (χ1n) is 5.16. The minimum Gasteiger partial charge on any atom is -0.506 e. The second kappa shape index (κ2) is 5.52. The van der Waals surface area contributed by atoms with E-state index in [0.29, 0.717) is 8.95 Å². The van der Waals surface area contributed by atoms with E-state index in [4.69, 9.17) is 0 Å². The number of phenols is 1. The van der Waals surface area contributed by atoms with Gasteiger partial charge in [0.15, 0.2) is 0 Å². The highest BCUT2D eigenvalue weighted by molar-refractivity contribution is 9.10. The Morgan fingerprint density at radius 2 is 1.74 bits per heavy atom. The largest absolute Gasteiger partial charge is 0.506 e. The number of hydrogen-bond donors (Lipinski definition) is 2. The van der Waals surface area contributed by atoms with Crippen molar-refractivity contribution in [2.24, 2.45) is 0 Å². The van der Waals surface area contributed by atoms with E-state index in [9.17, 15) is 13.5 Å². The lowest BCUT2D eigenvalue weighted by Crippen LogP contribution is -2.13. The van der Waals surface area contributed by atoms with Gasteiger partial charge in [0.1, 0.15) is 10.6 Å². The molecule has 2 aromatic rings. The predicted molar refractivity (Wildman–Crippen MR) is 80.8 cm³/mol. The van der Waals surface area contributed by atoms with E-state index in [1.54, 1.807) is 24.3 Å². The maximum absolute atomic E-state index is 12.2. The van der Waals surface area contributed by atoms with E-state index in [1.807, 2.05) is 0 Å². The fraction of sp³-hybridized carbons (Fsp3) is 0. The average molecular weight is 407 g/mol. The molecule has 0 spiro atoms. The third-order valence-corrected chi connectivity index (χ3v) is 5.20. The van der Waals surface area contributed by atoms with Crippen molar-refractivity contribution in [2.45, 2.75) is 4.90 Å². The Balaban J connectivity index is 2.43. The number of phenolic OH excluding ortho intramolecular Hbond substituents is 1. The fourth-order valence-corrected chi connectivity index (χ4v) is 3.88. The zero-order valence-electron chi connectivity index (χ0n) is 9.47. The van der Waals surface area contributed by atoms with Crippen molar-refractivity contribution in [3.63, 3.8) is 0 Å². The van der Waals surface area contributed by atoms with Gasteiger partial charge in [0, 0.05) is 8.95 Å². The van der Waals surface area contributed by atoms with Gasteiger partial charge >= 0.3 is 0 Å². The lowest BCUT2D eigenvalue weighted by atomic mass is 10.3. The summed E-state index contributed by atoms with van der Waals surface area (Å²) in [5.41, 5.74) is 0.116. The molecule has 7 heteroatoms. The van der Waals surface area contributed by atoms with Crippen LogP contribution in [0.3, 0.4) is 0 Å². The molecule has 0 fully saturated rings.